The molecule has 0 aliphatic carbocycles. The predicted octanol–water partition coefficient (Wildman–Crippen LogP) is 1.72. The maximum atomic E-state index is 12.0. The number of pyridine rings is 1. The van der Waals surface area contributed by atoms with Crippen LogP contribution in [0, 0.1) is 0 Å². The molecule has 5 heteroatoms. The SMILES string of the molecule is COc1cccc2[nH]c(=O)n(-c3cccnc3)c12. The second kappa shape index (κ2) is 4.03. The van der Waals surface area contributed by atoms with Crippen LogP contribution in [-0.4, -0.2) is 21.6 Å². The molecule has 0 aliphatic rings. The van der Waals surface area contributed by atoms with Crippen molar-refractivity contribution in [1.29, 1.82) is 0 Å². The van der Waals surface area contributed by atoms with Gasteiger partial charge in [-0.05, 0) is 24.3 Å². The number of hydrogen-bond acceptors (Lipinski definition) is 3. The molecule has 18 heavy (non-hydrogen) atoms. The van der Waals surface area contributed by atoms with Crippen LogP contribution in [0.1, 0.15) is 0 Å². The predicted molar refractivity (Wildman–Crippen MR) is 68.2 cm³/mol. The highest BCUT2D eigenvalue weighted by atomic mass is 16.5. The van der Waals surface area contributed by atoms with Crippen molar-refractivity contribution in [1.82, 2.24) is 14.5 Å². The Hall–Kier alpha value is -2.56. The zero-order valence-electron chi connectivity index (χ0n) is 9.75. The zero-order valence-corrected chi connectivity index (χ0v) is 9.75. The van der Waals surface area contributed by atoms with E-state index in [2.05, 4.69) is 9.97 Å². The van der Waals surface area contributed by atoms with E-state index in [0.717, 1.165) is 11.0 Å². The third-order valence-electron chi connectivity index (χ3n) is 2.79. The number of rotatable bonds is 2. The summed E-state index contributed by atoms with van der Waals surface area (Å²) in [6, 6.07) is 9.11. The first kappa shape index (κ1) is 10.6. The van der Waals surface area contributed by atoms with Gasteiger partial charge in [-0.1, -0.05) is 6.07 Å². The molecule has 0 fully saturated rings. The van der Waals surface area contributed by atoms with E-state index in [0.29, 0.717) is 11.4 Å². The minimum atomic E-state index is -0.206. The lowest BCUT2D eigenvalue weighted by Gasteiger charge is -2.06. The van der Waals surface area contributed by atoms with Crippen molar-refractivity contribution >= 4 is 11.0 Å². The number of nitrogens with zero attached hydrogens (tertiary/aromatic N) is 2. The third kappa shape index (κ3) is 1.48. The fraction of sp³-hybridized carbons (Fsp3) is 0.0769. The molecular weight excluding hydrogens is 230 g/mol. The molecule has 5 nitrogen and oxygen atoms in total. The summed E-state index contributed by atoms with van der Waals surface area (Å²) in [7, 11) is 1.58. The Morgan fingerprint density at radius 3 is 2.89 bits per heavy atom. The number of para-hydroxylation sites is 1. The summed E-state index contributed by atoms with van der Waals surface area (Å²) in [5.74, 6) is 0.648. The number of benzene rings is 1. The third-order valence-corrected chi connectivity index (χ3v) is 2.79. The average molecular weight is 241 g/mol. The first-order valence-corrected chi connectivity index (χ1v) is 5.49. The molecule has 3 rings (SSSR count). The van der Waals surface area contributed by atoms with Crippen molar-refractivity contribution in [2.75, 3.05) is 7.11 Å². The second-order valence-electron chi connectivity index (χ2n) is 3.83. The van der Waals surface area contributed by atoms with E-state index >= 15 is 0 Å². The standard InChI is InChI=1S/C13H11N3O2/c1-18-11-6-2-5-10-12(11)16(13(17)15-10)9-4-3-7-14-8-9/h2-8H,1H3,(H,15,17). The van der Waals surface area contributed by atoms with Gasteiger partial charge in [0.15, 0.2) is 0 Å². The van der Waals surface area contributed by atoms with Crippen molar-refractivity contribution < 1.29 is 4.74 Å². The Kier molecular flexibility index (Phi) is 2.37. The molecule has 90 valence electrons. The maximum absolute atomic E-state index is 12.0. The Labute approximate surface area is 103 Å². The molecule has 0 amide bonds. The summed E-state index contributed by atoms with van der Waals surface area (Å²) >= 11 is 0. The molecule has 1 aromatic carbocycles. The summed E-state index contributed by atoms with van der Waals surface area (Å²) in [5.41, 5.74) is 1.96. The van der Waals surface area contributed by atoms with Gasteiger partial charge >= 0.3 is 5.69 Å². The number of aromatic nitrogens is 3. The van der Waals surface area contributed by atoms with Crippen LogP contribution in [0.15, 0.2) is 47.5 Å². The average Bonchev–Trinajstić information content (AvgIpc) is 2.75. The molecule has 0 saturated heterocycles. The van der Waals surface area contributed by atoms with E-state index in [9.17, 15) is 4.79 Å². The van der Waals surface area contributed by atoms with Gasteiger partial charge in [-0.25, -0.2) is 4.79 Å². The van der Waals surface area contributed by atoms with Gasteiger partial charge in [0.05, 0.1) is 24.5 Å². The van der Waals surface area contributed by atoms with Gasteiger partial charge in [-0.15, -0.1) is 0 Å². The molecule has 3 aromatic rings. The highest BCUT2D eigenvalue weighted by molar-refractivity contribution is 5.83. The molecule has 1 N–H and O–H groups in total. The van der Waals surface area contributed by atoms with Crippen LogP contribution in [-0.2, 0) is 0 Å². The highest BCUT2D eigenvalue weighted by Crippen LogP contribution is 2.24. The van der Waals surface area contributed by atoms with Gasteiger partial charge in [-0.3, -0.25) is 9.55 Å². The molecule has 0 spiro atoms. The van der Waals surface area contributed by atoms with Crippen LogP contribution < -0.4 is 10.4 Å². The van der Waals surface area contributed by atoms with Crippen LogP contribution in [0.4, 0.5) is 0 Å². The van der Waals surface area contributed by atoms with E-state index in [4.69, 9.17) is 4.74 Å². The fourth-order valence-corrected chi connectivity index (χ4v) is 2.02. The van der Waals surface area contributed by atoms with Crippen LogP contribution in [0.2, 0.25) is 0 Å². The highest BCUT2D eigenvalue weighted by Gasteiger charge is 2.12. The summed E-state index contributed by atoms with van der Waals surface area (Å²) in [4.78, 5) is 18.9. The van der Waals surface area contributed by atoms with Gasteiger partial charge in [0.2, 0.25) is 0 Å². The zero-order chi connectivity index (χ0) is 12.5. The number of methoxy groups -OCH3 is 1. The lowest BCUT2D eigenvalue weighted by Crippen LogP contribution is -2.14. The quantitative estimate of drug-likeness (QED) is 0.743. The Balaban J connectivity index is 2.42. The van der Waals surface area contributed by atoms with E-state index in [1.165, 1.54) is 0 Å². The lowest BCUT2D eigenvalue weighted by molar-refractivity contribution is 0.418. The smallest absolute Gasteiger partial charge is 0.331 e. The summed E-state index contributed by atoms with van der Waals surface area (Å²) in [6.07, 6.45) is 3.31. The number of nitrogens with one attached hydrogen (secondary N) is 1. The normalized spacial score (nSPS) is 10.7. The van der Waals surface area contributed by atoms with Crippen molar-refractivity contribution in [2.24, 2.45) is 0 Å². The van der Waals surface area contributed by atoms with Crippen LogP contribution in [0.5, 0.6) is 5.75 Å². The van der Waals surface area contributed by atoms with Crippen LogP contribution >= 0.6 is 0 Å². The molecule has 0 aliphatic heterocycles. The van der Waals surface area contributed by atoms with Crippen LogP contribution in [0.25, 0.3) is 16.7 Å². The van der Waals surface area contributed by atoms with Crippen molar-refractivity contribution in [3.63, 3.8) is 0 Å². The molecule has 2 aromatic heterocycles. The monoisotopic (exact) mass is 241 g/mol. The first-order valence-electron chi connectivity index (χ1n) is 5.49. The van der Waals surface area contributed by atoms with E-state index < -0.39 is 0 Å². The van der Waals surface area contributed by atoms with E-state index in [1.54, 1.807) is 30.1 Å². The van der Waals surface area contributed by atoms with Gasteiger partial charge in [0.1, 0.15) is 11.3 Å². The van der Waals surface area contributed by atoms with Gasteiger partial charge in [-0.2, -0.15) is 0 Å². The Morgan fingerprint density at radius 1 is 1.28 bits per heavy atom. The second-order valence-corrected chi connectivity index (χ2v) is 3.83. The first-order chi connectivity index (χ1) is 8.81. The molecule has 2 heterocycles. The van der Waals surface area contributed by atoms with Crippen molar-refractivity contribution in [3.05, 3.63) is 53.2 Å². The molecule has 0 unspecified atom stereocenters. The Bertz CT molecular complexity index is 744. The number of hydrogen-bond donors (Lipinski definition) is 1. The molecule has 0 radical (unpaired) electrons. The molecular formula is C13H11N3O2. The molecule has 0 atom stereocenters. The lowest BCUT2D eigenvalue weighted by atomic mass is 10.3. The van der Waals surface area contributed by atoms with Crippen LogP contribution in [0.3, 0.4) is 0 Å². The number of imidazole rings is 1. The minimum Gasteiger partial charge on any atom is -0.494 e. The van der Waals surface area contributed by atoms with Crippen molar-refractivity contribution in [2.45, 2.75) is 0 Å². The number of aromatic amines is 1. The van der Waals surface area contributed by atoms with Gasteiger partial charge in [0, 0.05) is 6.20 Å². The van der Waals surface area contributed by atoms with Crippen molar-refractivity contribution in [3.8, 4) is 11.4 Å². The minimum absolute atomic E-state index is 0.206. The van der Waals surface area contributed by atoms with E-state index in [1.807, 2.05) is 24.3 Å². The maximum Gasteiger partial charge on any atom is 0.331 e. The summed E-state index contributed by atoms with van der Waals surface area (Å²) < 4.78 is 6.86. The number of H-pyrrole nitrogens is 1. The van der Waals surface area contributed by atoms with Gasteiger partial charge < -0.3 is 9.72 Å². The topological polar surface area (TPSA) is 59.9 Å². The Morgan fingerprint density at radius 2 is 2.17 bits per heavy atom. The largest absolute Gasteiger partial charge is 0.494 e. The number of fused-ring (bicyclic) bond motifs is 1. The fourth-order valence-electron chi connectivity index (χ4n) is 2.02. The summed E-state index contributed by atoms with van der Waals surface area (Å²) in [6.45, 7) is 0. The number of ether oxygens (including phenoxy) is 1. The van der Waals surface area contributed by atoms with Gasteiger partial charge in [0.25, 0.3) is 0 Å². The summed E-state index contributed by atoms with van der Waals surface area (Å²) in [5, 5.41) is 0. The van der Waals surface area contributed by atoms with E-state index in [-0.39, 0.29) is 5.69 Å². The molecule has 0 saturated carbocycles. The molecule has 0 bridgehead atoms.